The van der Waals surface area contributed by atoms with Crippen LogP contribution in [0.25, 0.3) is 0 Å². The van der Waals surface area contributed by atoms with Crippen molar-refractivity contribution in [3.8, 4) is 0 Å². The number of nitrogens with two attached hydrogens (primary N) is 1. The first-order valence-corrected chi connectivity index (χ1v) is 7.30. The van der Waals surface area contributed by atoms with E-state index in [0.717, 1.165) is 48.3 Å². The molecule has 0 radical (unpaired) electrons. The molecule has 1 fully saturated rings. The molecule has 2 N–H and O–H groups in total. The lowest BCUT2D eigenvalue weighted by Gasteiger charge is -2.37. The first-order chi connectivity index (χ1) is 8.97. The summed E-state index contributed by atoms with van der Waals surface area (Å²) in [6.45, 7) is 6.83. The summed E-state index contributed by atoms with van der Waals surface area (Å²) in [4.78, 5) is 12.9. The molecule has 0 heterocycles. The molecule has 1 aliphatic rings. The Bertz CT molecular complexity index is 450. The molecule has 1 aromatic rings. The van der Waals surface area contributed by atoms with Gasteiger partial charge in [0.2, 0.25) is 0 Å². The average Bonchev–Trinajstić information content (AvgIpc) is 2.38. The zero-order valence-corrected chi connectivity index (χ0v) is 12.3. The standard InChI is InChI=1S/C17H25NO/c1-12-4-6-17(11-18,7-5-12)16(19)15-9-13(2)8-14(3)10-15/h8-10,12H,4-7,11,18H2,1-3H3. The Morgan fingerprint density at radius 1 is 1.21 bits per heavy atom. The SMILES string of the molecule is Cc1cc(C)cc(C(=O)C2(CN)CCC(C)CC2)c1. The second-order valence-corrected chi connectivity index (χ2v) is 6.37. The minimum atomic E-state index is -0.313. The number of ketones is 1. The van der Waals surface area contributed by atoms with Crippen LogP contribution >= 0.6 is 0 Å². The second-order valence-electron chi connectivity index (χ2n) is 6.37. The molecule has 19 heavy (non-hydrogen) atoms. The normalized spacial score (nSPS) is 27.3. The summed E-state index contributed by atoms with van der Waals surface area (Å²) in [5.41, 5.74) is 8.81. The molecule has 0 aromatic heterocycles. The van der Waals surface area contributed by atoms with Gasteiger partial charge in [0.05, 0.1) is 0 Å². The molecule has 2 heteroatoms. The number of carbonyl (C=O) groups excluding carboxylic acids is 1. The summed E-state index contributed by atoms with van der Waals surface area (Å²) in [6, 6.07) is 6.12. The summed E-state index contributed by atoms with van der Waals surface area (Å²) < 4.78 is 0. The highest BCUT2D eigenvalue weighted by Crippen LogP contribution is 2.40. The van der Waals surface area contributed by atoms with E-state index < -0.39 is 0 Å². The predicted octanol–water partition coefficient (Wildman–Crippen LogP) is 3.64. The van der Waals surface area contributed by atoms with Crippen LogP contribution in [0, 0.1) is 25.2 Å². The molecule has 0 aliphatic heterocycles. The molecule has 1 aliphatic carbocycles. The van der Waals surface area contributed by atoms with E-state index in [9.17, 15) is 4.79 Å². The summed E-state index contributed by atoms with van der Waals surface area (Å²) >= 11 is 0. The van der Waals surface area contributed by atoms with Crippen LogP contribution in [0.4, 0.5) is 0 Å². The number of hydrogen-bond acceptors (Lipinski definition) is 2. The summed E-state index contributed by atoms with van der Waals surface area (Å²) in [6.07, 6.45) is 4.12. The van der Waals surface area contributed by atoms with Gasteiger partial charge in [-0.05, 0) is 57.6 Å². The van der Waals surface area contributed by atoms with Crippen molar-refractivity contribution >= 4 is 5.78 Å². The maximum Gasteiger partial charge on any atom is 0.170 e. The Morgan fingerprint density at radius 2 is 1.74 bits per heavy atom. The van der Waals surface area contributed by atoms with E-state index in [1.165, 1.54) is 0 Å². The minimum absolute atomic E-state index is 0.258. The van der Waals surface area contributed by atoms with Gasteiger partial charge in [0, 0.05) is 17.5 Å². The minimum Gasteiger partial charge on any atom is -0.329 e. The average molecular weight is 259 g/mol. The molecule has 0 amide bonds. The lowest BCUT2D eigenvalue weighted by Crippen LogP contribution is -2.41. The van der Waals surface area contributed by atoms with Crippen molar-refractivity contribution in [1.29, 1.82) is 0 Å². The third-order valence-corrected chi connectivity index (χ3v) is 4.59. The molecular formula is C17H25NO. The van der Waals surface area contributed by atoms with Crippen LogP contribution in [0.5, 0.6) is 0 Å². The van der Waals surface area contributed by atoms with Gasteiger partial charge in [-0.1, -0.05) is 24.1 Å². The molecule has 2 nitrogen and oxygen atoms in total. The summed E-state index contributed by atoms with van der Waals surface area (Å²) in [5, 5.41) is 0. The molecule has 0 bridgehead atoms. The number of rotatable bonds is 3. The van der Waals surface area contributed by atoms with Crippen molar-refractivity contribution in [2.45, 2.75) is 46.5 Å². The van der Waals surface area contributed by atoms with Crippen LogP contribution in [-0.2, 0) is 0 Å². The highest BCUT2D eigenvalue weighted by molar-refractivity contribution is 6.01. The van der Waals surface area contributed by atoms with Gasteiger partial charge in [-0.3, -0.25) is 4.79 Å². The number of carbonyl (C=O) groups is 1. The van der Waals surface area contributed by atoms with Crippen molar-refractivity contribution in [3.05, 3.63) is 34.9 Å². The summed E-state index contributed by atoms with van der Waals surface area (Å²) in [7, 11) is 0. The fourth-order valence-corrected chi connectivity index (χ4v) is 3.25. The predicted molar refractivity (Wildman–Crippen MR) is 79.4 cm³/mol. The van der Waals surface area contributed by atoms with Gasteiger partial charge in [-0.15, -0.1) is 0 Å². The Balaban J connectivity index is 2.30. The number of aryl methyl sites for hydroxylation is 2. The highest BCUT2D eigenvalue weighted by Gasteiger charge is 2.40. The third-order valence-electron chi connectivity index (χ3n) is 4.59. The van der Waals surface area contributed by atoms with Gasteiger partial charge in [-0.2, -0.15) is 0 Å². The lowest BCUT2D eigenvalue weighted by atomic mass is 9.67. The molecular weight excluding hydrogens is 234 g/mol. The Labute approximate surface area is 116 Å². The van der Waals surface area contributed by atoms with Crippen molar-refractivity contribution in [2.24, 2.45) is 17.1 Å². The number of hydrogen-bond donors (Lipinski definition) is 1. The first kappa shape index (κ1) is 14.3. The number of Topliss-reactive ketones (excluding diaryl/α,β-unsaturated/α-hetero) is 1. The van der Waals surface area contributed by atoms with Gasteiger partial charge >= 0.3 is 0 Å². The molecule has 104 valence electrons. The second kappa shape index (κ2) is 5.46. The quantitative estimate of drug-likeness (QED) is 0.842. The molecule has 2 rings (SSSR count). The van der Waals surface area contributed by atoms with Crippen molar-refractivity contribution in [1.82, 2.24) is 0 Å². The molecule has 0 unspecified atom stereocenters. The molecule has 1 saturated carbocycles. The fraction of sp³-hybridized carbons (Fsp3) is 0.588. The smallest absolute Gasteiger partial charge is 0.170 e. The zero-order valence-electron chi connectivity index (χ0n) is 12.3. The molecule has 1 aromatic carbocycles. The van der Waals surface area contributed by atoms with E-state index in [2.05, 4.69) is 13.0 Å². The Kier molecular flexibility index (Phi) is 4.10. The van der Waals surface area contributed by atoms with Gasteiger partial charge < -0.3 is 5.73 Å². The third kappa shape index (κ3) is 2.89. The largest absolute Gasteiger partial charge is 0.329 e. The van der Waals surface area contributed by atoms with Gasteiger partial charge in [0.1, 0.15) is 0 Å². The van der Waals surface area contributed by atoms with Crippen molar-refractivity contribution < 1.29 is 4.79 Å². The molecule has 0 spiro atoms. The highest BCUT2D eigenvalue weighted by atomic mass is 16.1. The monoisotopic (exact) mass is 259 g/mol. The van der Waals surface area contributed by atoms with E-state index in [1.807, 2.05) is 26.0 Å². The van der Waals surface area contributed by atoms with E-state index in [1.54, 1.807) is 0 Å². The Hall–Kier alpha value is -1.15. The zero-order chi connectivity index (χ0) is 14.0. The van der Waals surface area contributed by atoms with Crippen LogP contribution in [0.1, 0.15) is 54.1 Å². The van der Waals surface area contributed by atoms with Gasteiger partial charge in [-0.25, -0.2) is 0 Å². The van der Waals surface area contributed by atoms with Gasteiger partial charge in [0.25, 0.3) is 0 Å². The first-order valence-electron chi connectivity index (χ1n) is 7.30. The van der Waals surface area contributed by atoms with Crippen LogP contribution in [-0.4, -0.2) is 12.3 Å². The topological polar surface area (TPSA) is 43.1 Å². The van der Waals surface area contributed by atoms with Crippen LogP contribution in [0.2, 0.25) is 0 Å². The van der Waals surface area contributed by atoms with Crippen molar-refractivity contribution in [3.63, 3.8) is 0 Å². The maximum absolute atomic E-state index is 12.9. The van der Waals surface area contributed by atoms with E-state index in [0.29, 0.717) is 6.54 Å². The fourth-order valence-electron chi connectivity index (χ4n) is 3.25. The van der Waals surface area contributed by atoms with Crippen LogP contribution in [0.3, 0.4) is 0 Å². The van der Waals surface area contributed by atoms with Crippen LogP contribution in [0.15, 0.2) is 18.2 Å². The van der Waals surface area contributed by atoms with Gasteiger partial charge in [0.15, 0.2) is 5.78 Å². The molecule has 0 atom stereocenters. The maximum atomic E-state index is 12.9. The van der Waals surface area contributed by atoms with E-state index in [-0.39, 0.29) is 11.2 Å². The lowest BCUT2D eigenvalue weighted by molar-refractivity contribution is 0.0695. The van der Waals surface area contributed by atoms with E-state index >= 15 is 0 Å². The Morgan fingerprint density at radius 3 is 2.21 bits per heavy atom. The van der Waals surface area contributed by atoms with E-state index in [4.69, 9.17) is 5.73 Å². The molecule has 0 saturated heterocycles. The van der Waals surface area contributed by atoms with Crippen LogP contribution < -0.4 is 5.73 Å². The van der Waals surface area contributed by atoms with Crippen molar-refractivity contribution in [2.75, 3.05) is 6.54 Å². The summed E-state index contributed by atoms with van der Waals surface area (Å²) in [5.74, 6) is 0.987. The number of benzene rings is 1.